The number of hydrogen-bond donors (Lipinski definition) is 0. The highest BCUT2D eigenvalue weighted by Crippen LogP contribution is 2.18. The molecule has 0 N–H and O–H groups in total. The average molecular weight is 283 g/mol. The van der Waals surface area contributed by atoms with E-state index in [1.165, 1.54) is 23.3 Å². The van der Waals surface area contributed by atoms with E-state index in [-0.39, 0.29) is 11.6 Å². The summed E-state index contributed by atoms with van der Waals surface area (Å²) in [4.78, 5) is 14.4. The predicted octanol–water partition coefficient (Wildman–Crippen LogP) is 3.46. The van der Waals surface area contributed by atoms with Crippen molar-refractivity contribution >= 4 is 5.78 Å². The highest BCUT2D eigenvalue weighted by Gasteiger charge is 2.16. The fourth-order valence-corrected chi connectivity index (χ4v) is 2.81. The van der Waals surface area contributed by atoms with Gasteiger partial charge in [0.05, 0.1) is 0 Å². The lowest BCUT2D eigenvalue weighted by Gasteiger charge is -2.28. The topological polar surface area (TPSA) is 20.3 Å². The number of rotatable bonds is 4. The molecule has 0 saturated carbocycles. The van der Waals surface area contributed by atoms with Gasteiger partial charge in [-0.2, -0.15) is 0 Å². The quantitative estimate of drug-likeness (QED) is 0.801. The van der Waals surface area contributed by atoms with Crippen LogP contribution in [0.3, 0.4) is 0 Å². The van der Waals surface area contributed by atoms with Crippen LogP contribution in [-0.4, -0.2) is 23.8 Å². The predicted molar refractivity (Wildman–Crippen MR) is 80.8 cm³/mol. The van der Waals surface area contributed by atoms with Crippen molar-refractivity contribution in [3.05, 3.63) is 71.0 Å². The van der Waals surface area contributed by atoms with Crippen LogP contribution in [-0.2, 0) is 13.0 Å². The monoisotopic (exact) mass is 283 g/mol. The van der Waals surface area contributed by atoms with Gasteiger partial charge in [0.15, 0.2) is 5.78 Å². The first-order valence-corrected chi connectivity index (χ1v) is 7.30. The molecule has 0 radical (unpaired) electrons. The Balaban J connectivity index is 1.58. The lowest BCUT2D eigenvalue weighted by atomic mass is 9.99. The van der Waals surface area contributed by atoms with Gasteiger partial charge in [0.25, 0.3) is 0 Å². The molecule has 0 spiro atoms. The largest absolute Gasteiger partial charge is 0.298 e. The van der Waals surface area contributed by atoms with Gasteiger partial charge in [-0.15, -0.1) is 0 Å². The normalized spacial score (nSPS) is 14.7. The van der Waals surface area contributed by atoms with E-state index in [2.05, 4.69) is 29.2 Å². The van der Waals surface area contributed by atoms with Gasteiger partial charge in [0, 0.05) is 31.6 Å². The van der Waals surface area contributed by atoms with Crippen molar-refractivity contribution in [1.29, 1.82) is 0 Å². The molecule has 3 rings (SSSR count). The summed E-state index contributed by atoms with van der Waals surface area (Å²) in [6.45, 7) is 2.60. The fraction of sp³-hybridized carbons (Fsp3) is 0.278. The Kier molecular flexibility index (Phi) is 4.11. The zero-order chi connectivity index (χ0) is 14.7. The number of hydrogen-bond acceptors (Lipinski definition) is 2. The van der Waals surface area contributed by atoms with E-state index in [0.717, 1.165) is 26.1 Å². The lowest BCUT2D eigenvalue weighted by molar-refractivity contribution is 0.0960. The second-order valence-electron chi connectivity index (χ2n) is 5.48. The molecule has 108 valence electrons. The SMILES string of the molecule is O=C(CCN1CCc2ccccc2C1)c1cccc(F)c1. The van der Waals surface area contributed by atoms with Crippen LogP contribution in [0.4, 0.5) is 4.39 Å². The van der Waals surface area contributed by atoms with Gasteiger partial charge < -0.3 is 0 Å². The molecule has 0 saturated heterocycles. The van der Waals surface area contributed by atoms with Gasteiger partial charge in [0.1, 0.15) is 5.82 Å². The lowest BCUT2D eigenvalue weighted by Crippen LogP contribution is -2.32. The summed E-state index contributed by atoms with van der Waals surface area (Å²) in [5, 5.41) is 0. The van der Waals surface area contributed by atoms with E-state index in [4.69, 9.17) is 0 Å². The number of carbonyl (C=O) groups is 1. The zero-order valence-corrected chi connectivity index (χ0v) is 11.9. The van der Waals surface area contributed by atoms with Gasteiger partial charge in [0.2, 0.25) is 0 Å². The van der Waals surface area contributed by atoms with Gasteiger partial charge in [-0.3, -0.25) is 9.69 Å². The first-order chi connectivity index (χ1) is 10.2. The summed E-state index contributed by atoms with van der Waals surface area (Å²) in [5.74, 6) is -0.346. The minimum Gasteiger partial charge on any atom is -0.298 e. The summed E-state index contributed by atoms with van der Waals surface area (Å²) in [6.07, 6.45) is 1.47. The van der Waals surface area contributed by atoms with Gasteiger partial charge in [-0.1, -0.05) is 36.4 Å². The van der Waals surface area contributed by atoms with Crippen LogP contribution in [0.1, 0.15) is 27.9 Å². The van der Waals surface area contributed by atoms with Gasteiger partial charge >= 0.3 is 0 Å². The summed E-state index contributed by atoms with van der Waals surface area (Å²) in [5.41, 5.74) is 3.22. The average Bonchev–Trinajstić information content (AvgIpc) is 2.52. The Morgan fingerprint density at radius 2 is 1.90 bits per heavy atom. The van der Waals surface area contributed by atoms with Crippen molar-refractivity contribution < 1.29 is 9.18 Å². The number of benzene rings is 2. The summed E-state index contributed by atoms with van der Waals surface area (Å²) >= 11 is 0. The standard InChI is InChI=1S/C18H18FNO/c19-17-7-3-6-15(12-17)18(21)9-11-20-10-8-14-4-1-2-5-16(14)13-20/h1-7,12H,8-11,13H2. The van der Waals surface area contributed by atoms with E-state index in [1.54, 1.807) is 12.1 Å². The van der Waals surface area contributed by atoms with Crippen molar-refractivity contribution in [2.45, 2.75) is 19.4 Å². The molecular formula is C18H18FNO. The van der Waals surface area contributed by atoms with Crippen molar-refractivity contribution in [2.75, 3.05) is 13.1 Å². The van der Waals surface area contributed by atoms with E-state index in [1.807, 2.05) is 0 Å². The maximum atomic E-state index is 13.1. The number of halogens is 1. The third-order valence-corrected chi connectivity index (χ3v) is 4.01. The Morgan fingerprint density at radius 3 is 2.71 bits per heavy atom. The molecular weight excluding hydrogens is 265 g/mol. The van der Waals surface area contributed by atoms with Crippen molar-refractivity contribution in [3.63, 3.8) is 0 Å². The molecule has 1 heterocycles. The van der Waals surface area contributed by atoms with E-state index in [0.29, 0.717) is 12.0 Å². The molecule has 1 aliphatic heterocycles. The van der Waals surface area contributed by atoms with Crippen LogP contribution < -0.4 is 0 Å². The third-order valence-electron chi connectivity index (χ3n) is 4.01. The molecule has 0 unspecified atom stereocenters. The highest BCUT2D eigenvalue weighted by atomic mass is 19.1. The maximum Gasteiger partial charge on any atom is 0.164 e. The van der Waals surface area contributed by atoms with Crippen LogP contribution in [0.25, 0.3) is 0 Å². The Hall–Kier alpha value is -2.00. The smallest absolute Gasteiger partial charge is 0.164 e. The third kappa shape index (κ3) is 3.37. The zero-order valence-electron chi connectivity index (χ0n) is 11.9. The van der Waals surface area contributed by atoms with Crippen molar-refractivity contribution in [2.24, 2.45) is 0 Å². The first kappa shape index (κ1) is 14.0. The molecule has 3 heteroatoms. The minimum absolute atomic E-state index is 0.00774. The Bertz CT molecular complexity index is 653. The minimum atomic E-state index is -0.354. The number of ketones is 1. The van der Waals surface area contributed by atoms with Gasteiger partial charge in [-0.05, 0) is 29.7 Å². The second-order valence-corrected chi connectivity index (χ2v) is 5.48. The number of nitrogens with zero attached hydrogens (tertiary/aromatic N) is 1. The summed E-state index contributed by atoms with van der Waals surface area (Å²) in [6, 6.07) is 14.4. The Labute approximate surface area is 124 Å². The van der Waals surface area contributed by atoms with E-state index in [9.17, 15) is 9.18 Å². The molecule has 0 aromatic heterocycles. The van der Waals surface area contributed by atoms with Crippen LogP contribution in [0.2, 0.25) is 0 Å². The number of carbonyl (C=O) groups excluding carboxylic acids is 1. The molecule has 0 amide bonds. The van der Waals surface area contributed by atoms with Crippen LogP contribution in [0.5, 0.6) is 0 Å². The molecule has 0 atom stereocenters. The number of Topliss-reactive ketones (excluding diaryl/α,β-unsaturated/α-hetero) is 1. The maximum absolute atomic E-state index is 13.1. The van der Waals surface area contributed by atoms with Crippen molar-refractivity contribution in [3.8, 4) is 0 Å². The molecule has 2 aromatic rings. The molecule has 0 aliphatic carbocycles. The molecule has 2 nitrogen and oxygen atoms in total. The van der Waals surface area contributed by atoms with Crippen LogP contribution in [0.15, 0.2) is 48.5 Å². The van der Waals surface area contributed by atoms with Gasteiger partial charge in [-0.25, -0.2) is 4.39 Å². The summed E-state index contributed by atoms with van der Waals surface area (Å²) < 4.78 is 13.1. The second kappa shape index (κ2) is 6.19. The molecule has 21 heavy (non-hydrogen) atoms. The molecule has 0 bridgehead atoms. The van der Waals surface area contributed by atoms with Crippen LogP contribution in [0, 0.1) is 5.82 Å². The molecule has 2 aromatic carbocycles. The van der Waals surface area contributed by atoms with Crippen molar-refractivity contribution in [1.82, 2.24) is 4.90 Å². The van der Waals surface area contributed by atoms with E-state index >= 15 is 0 Å². The fourth-order valence-electron chi connectivity index (χ4n) is 2.81. The summed E-state index contributed by atoms with van der Waals surface area (Å²) in [7, 11) is 0. The number of fused-ring (bicyclic) bond motifs is 1. The first-order valence-electron chi connectivity index (χ1n) is 7.30. The van der Waals surface area contributed by atoms with E-state index < -0.39 is 0 Å². The van der Waals surface area contributed by atoms with Crippen LogP contribution >= 0.6 is 0 Å². The molecule has 1 aliphatic rings. The highest BCUT2D eigenvalue weighted by molar-refractivity contribution is 5.96. The Morgan fingerprint density at radius 1 is 1.10 bits per heavy atom. The molecule has 0 fully saturated rings.